The number of amides is 1. The molecule has 2 aromatic carbocycles. The summed E-state index contributed by atoms with van der Waals surface area (Å²) in [5.41, 5.74) is 1.13. The van der Waals surface area contributed by atoms with Crippen molar-refractivity contribution in [3.8, 4) is 5.75 Å². The molecule has 158 valence electrons. The number of hydrogen-bond acceptors (Lipinski definition) is 6. The summed E-state index contributed by atoms with van der Waals surface area (Å²) in [6.45, 7) is 4.82. The van der Waals surface area contributed by atoms with Gasteiger partial charge < -0.3 is 14.5 Å². The van der Waals surface area contributed by atoms with Gasteiger partial charge in [0.05, 0.1) is 13.7 Å². The fraction of sp³-hybridized carbons (Fsp3) is 0.391. The maximum atomic E-state index is 12.8. The summed E-state index contributed by atoms with van der Waals surface area (Å²) in [4.78, 5) is 23.7. The van der Waals surface area contributed by atoms with Crippen LogP contribution in [0.15, 0.2) is 48.0 Å². The summed E-state index contributed by atoms with van der Waals surface area (Å²) in [6, 6.07) is 12.4. The van der Waals surface area contributed by atoms with Crippen LogP contribution in [0.25, 0.3) is 10.8 Å². The molecule has 0 unspecified atom stereocenters. The lowest BCUT2D eigenvalue weighted by Gasteiger charge is -2.24. The number of nitrogens with zero attached hydrogens (tertiary/aromatic N) is 4. The highest BCUT2D eigenvalue weighted by atomic mass is 32.1. The molecule has 0 radical (unpaired) electrons. The molecule has 0 aliphatic carbocycles. The molecule has 1 aliphatic heterocycles. The van der Waals surface area contributed by atoms with Crippen molar-refractivity contribution in [1.82, 2.24) is 14.8 Å². The minimum absolute atomic E-state index is 0.160. The van der Waals surface area contributed by atoms with Crippen LogP contribution in [-0.2, 0) is 11.3 Å². The van der Waals surface area contributed by atoms with Gasteiger partial charge in [0.1, 0.15) is 5.75 Å². The summed E-state index contributed by atoms with van der Waals surface area (Å²) >= 11 is 1.68. The number of benzene rings is 2. The van der Waals surface area contributed by atoms with E-state index in [1.54, 1.807) is 18.4 Å². The number of ether oxygens (including phenoxy) is 1. The Kier molecular flexibility index (Phi) is 6.50. The molecule has 7 heteroatoms. The quantitative estimate of drug-likeness (QED) is 0.606. The first-order valence-corrected chi connectivity index (χ1v) is 11.2. The second-order valence-electron chi connectivity index (χ2n) is 7.73. The predicted molar refractivity (Wildman–Crippen MR) is 122 cm³/mol. The first-order valence-electron chi connectivity index (χ1n) is 10.3. The van der Waals surface area contributed by atoms with Gasteiger partial charge in [0.25, 0.3) is 0 Å². The van der Waals surface area contributed by atoms with Crippen LogP contribution in [0.2, 0.25) is 0 Å². The third kappa shape index (κ3) is 4.91. The van der Waals surface area contributed by atoms with Crippen LogP contribution in [0.1, 0.15) is 12.0 Å². The highest BCUT2D eigenvalue weighted by molar-refractivity contribution is 7.13. The topological polar surface area (TPSA) is 48.9 Å². The summed E-state index contributed by atoms with van der Waals surface area (Å²) in [5, 5.41) is 5.39. The third-order valence-corrected chi connectivity index (χ3v) is 6.43. The van der Waals surface area contributed by atoms with Crippen molar-refractivity contribution in [3.05, 3.63) is 53.5 Å². The van der Waals surface area contributed by atoms with Crippen LogP contribution in [0.3, 0.4) is 0 Å². The first kappa shape index (κ1) is 20.6. The van der Waals surface area contributed by atoms with E-state index in [0.717, 1.165) is 59.8 Å². The molecule has 0 atom stereocenters. The van der Waals surface area contributed by atoms with Gasteiger partial charge in [-0.05, 0) is 41.0 Å². The van der Waals surface area contributed by atoms with Gasteiger partial charge in [0, 0.05) is 51.3 Å². The second kappa shape index (κ2) is 9.45. The molecule has 1 amide bonds. The van der Waals surface area contributed by atoms with Crippen molar-refractivity contribution in [1.29, 1.82) is 0 Å². The fourth-order valence-electron chi connectivity index (χ4n) is 3.87. The summed E-state index contributed by atoms with van der Waals surface area (Å²) in [6.07, 6.45) is 2.90. The van der Waals surface area contributed by atoms with Crippen molar-refractivity contribution in [2.24, 2.45) is 0 Å². The van der Waals surface area contributed by atoms with Crippen molar-refractivity contribution in [2.75, 3.05) is 51.8 Å². The molecule has 30 heavy (non-hydrogen) atoms. The number of carbonyl (C=O) groups is 1. The lowest BCUT2D eigenvalue weighted by molar-refractivity contribution is -0.131. The summed E-state index contributed by atoms with van der Waals surface area (Å²) < 4.78 is 5.29. The van der Waals surface area contributed by atoms with Crippen molar-refractivity contribution in [2.45, 2.75) is 13.0 Å². The largest absolute Gasteiger partial charge is 0.497 e. The van der Waals surface area contributed by atoms with Gasteiger partial charge in [0.2, 0.25) is 5.91 Å². The second-order valence-corrected chi connectivity index (χ2v) is 8.60. The number of carbonyl (C=O) groups excluding carboxylic acids is 1. The van der Waals surface area contributed by atoms with Crippen molar-refractivity contribution >= 4 is 33.1 Å². The zero-order chi connectivity index (χ0) is 20.9. The molecule has 0 saturated carbocycles. The number of fused-ring (bicyclic) bond motifs is 1. The van der Waals surface area contributed by atoms with Crippen LogP contribution in [0.4, 0.5) is 5.13 Å². The number of anilines is 1. The van der Waals surface area contributed by atoms with E-state index in [4.69, 9.17) is 4.74 Å². The Morgan fingerprint density at radius 3 is 2.77 bits per heavy atom. The van der Waals surface area contributed by atoms with E-state index >= 15 is 0 Å². The van der Waals surface area contributed by atoms with E-state index in [2.05, 4.69) is 39.0 Å². The van der Waals surface area contributed by atoms with Crippen LogP contribution < -0.4 is 9.64 Å². The molecule has 1 aliphatic rings. The SMILES string of the molecule is COc1ccc2cc(CN(C)C(=O)CN3CCCN(c4nccs4)CC3)ccc2c1. The molecular formula is C23H28N4O2S. The average Bonchev–Trinajstić information content (AvgIpc) is 3.20. The zero-order valence-corrected chi connectivity index (χ0v) is 18.4. The number of likely N-dealkylation sites (N-methyl/N-ethyl adjacent to an activating group) is 1. The Bertz CT molecular complexity index is 992. The van der Waals surface area contributed by atoms with Gasteiger partial charge in [0.15, 0.2) is 5.13 Å². The van der Waals surface area contributed by atoms with E-state index in [0.29, 0.717) is 13.1 Å². The number of thiazole rings is 1. The van der Waals surface area contributed by atoms with E-state index < -0.39 is 0 Å². The number of hydrogen-bond donors (Lipinski definition) is 0. The fourth-order valence-corrected chi connectivity index (χ4v) is 4.56. The maximum absolute atomic E-state index is 12.8. The van der Waals surface area contributed by atoms with E-state index in [1.165, 1.54) is 0 Å². The molecule has 3 aromatic rings. The number of methoxy groups -OCH3 is 1. The Hall–Kier alpha value is -2.64. The monoisotopic (exact) mass is 424 g/mol. The minimum Gasteiger partial charge on any atom is -0.497 e. The normalized spacial score (nSPS) is 15.2. The molecule has 1 saturated heterocycles. The molecule has 4 rings (SSSR count). The Labute approximate surface area is 181 Å². The Morgan fingerprint density at radius 1 is 1.13 bits per heavy atom. The van der Waals surface area contributed by atoms with Gasteiger partial charge >= 0.3 is 0 Å². The predicted octanol–water partition coefficient (Wildman–Crippen LogP) is 3.48. The van der Waals surface area contributed by atoms with Crippen LogP contribution in [0.5, 0.6) is 5.75 Å². The highest BCUT2D eigenvalue weighted by Gasteiger charge is 2.20. The van der Waals surface area contributed by atoms with Crippen molar-refractivity contribution < 1.29 is 9.53 Å². The zero-order valence-electron chi connectivity index (χ0n) is 17.6. The first-order chi connectivity index (χ1) is 14.6. The lowest BCUT2D eigenvalue weighted by Crippen LogP contribution is -2.40. The third-order valence-electron chi connectivity index (χ3n) is 5.59. The van der Waals surface area contributed by atoms with Crippen LogP contribution in [0, 0.1) is 0 Å². The molecule has 2 heterocycles. The Morgan fingerprint density at radius 2 is 1.97 bits per heavy atom. The summed E-state index contributed by atoms with van der Waals surface area (Å²) in [5.74, 6) is 1.01. The maximum Gasteiger partial charge on any atom is 0.236 e. The molecular weight excluding hydrogens is 396 g/mol. The van der Waals surface area contributed by atoms with Gasteiger partial charge in [-0.25, -0.2) is 4.98 Å². The van der Waals surface area contributed by atoms with Gasteiger partial charge in [-0.2, -0.15) is 0 Å². The van der Waals surface area contributed by atoms with E-state index in [-0.39, 0.29) is 5.91 Å². The van der Waals surface area contributed by atoms with Crippen molar-refractivity contribution in [3.63, 3.8) is 0 Å². The number of rotatable bonds is 6. The van der Waals surface area contributed by atoms with Crippen LogP contribution in [-0.4, -0.2) is 67.6 Å². The van der Waals surface area contributed by atoms with E-state index in [1.807, 2.05) is 35.7 Å². The Balaban J connectivity index is 1.33. The average molecular weight is 425 g/mol. The van der Waals surface area contributed by atoms with E-state index in [9.17, 15) is 4.79 Å². The van der Waals surface area contributed by atoms with Gasteiger partial charge in [-0.15, -0.1) is 11.3 Å². The van der Waals surface area contributed by atoms with Gasteiger partial charge in [-0.1, -0.05) is 18.2 Å². The number of aromatic nitrogens is 1. The lowest BCUT2D eigenvalue weighted by atomic mass is 10.1. The minimum atomic E-state index is 0.160. The summed E-state index contributed by atoms with van der Waals surface area (Å²) in [7, 11) is 3.57. The smallest absolute Gasteiger partial charge is 0.236 e. The highest BCUT2D eigenvalue weighted by Crippen LogP contribution is 2.22. The molecule has 1 aromatic heterocycles. The molecule has 0 N–H and O–H groups in total. The van der Waals surface area contributed by atoms with Crippen LogP contribution >= 0.6 is 11.3 Å². The molecule has 0 spiro atoms. The standard InChI is InChI=1S/C23H28N4O2S/c1-25(16-18-4-5-20-15-21(29-2)7-6-19(20)14-18)22(28)17-26-9-3-10-27(12-11-26)23-24-8-13-30-23/h4-8,13-15H,3,9-12,16-17H2,1-2H3. The molecule has 6 nitrogen and oxygen atoms in total. The van der Waals surface area contributed by atoms with Gasteiger partial charge in [-0.3, -0.25) is 9.69 Å². The molecule has 0 bridgehead atoms. The molecule has 1 fully saturated rings.